The lowest BCUT2D eigenvalue weighted by Crippen LogP contribution is -2.63. The number of ketones is 1. The minimum atomic E-state index is -1.95. The van der Waals surface area contributed by atoms with E-state index in [0.717, 1.165) is 31.3 Å². The van der Waals surface area contributed by atoms with Crippen molar-refractivity contribution in [3.8, 4) is 0 Å². The molecule has 6 N–H and O–H groups in total. The number of Topliss-reactive ketones (excluding diaryl/α,β-unsaturated/α-hetero) is 1. The topological polar surface area (TPSA) is 148 Å². The molecule has 1 heterocycles. The molecule has 0 radical (unpaired) electrons. The van der Waals surface area contributed by atoms with Crippen molar-refractivity contribution in [1.29, 1.82) is 0 Å². The molecular weight excluding hydrogens is 448 g/mol. The van der Waals surface area contributed by atoms with Gasteiger partial charge in [-0.3, -0.25) is 9.79 Å². The highest BCUT2D eigenvalue weighted by Crippen LogP contribution is 2.78. The summed E-state index contributed by atoms with van der Waals surface area (Å²) in [6, 6.07) is 0. The van der Waals surface area contributed by atoms with Gasteiger partial charge in [0.1, 0.15) is 0 Å². The summed E-state index contributed by atoms with van der Waals surface area (Å²) in [6.07, 6.45) is 9.52. The Morgan fingerprint density at radius 3 is 2.77 bits per heavy atom. The standard InChI is InChI=1S/C26H38N4O5/c1-28-23(27)30-10-8-18(13-29-9-11-31)25(15-30)17-7-6-16-4-2-3-5-20(32)26(35)14-24(16,25)19(12-17)21(26)22(33)34/h8,10,16-18,29,31,35H,2-7,9,11-15H2,1H3,(H2,27,28)(H,33,34)/t16-,17-,18+,24+,25-,26-/m1/s1. The molecule has 0 aromatic carbocycles. The number of carbonyl (C=O) groups excluding carboxylic acids is 1. The Morgan fingerprint density at radius 2 is 2.06 bits per heavy atom. The quantitative estimate of drug-likeness (QED) is 0.220. The van der Waals surface area contributed by atoms with Crippen LogP contribution in [0.5, 0.6) is 0 Å². The van der Waals surface area contributed by atoms with Crippen LogP contribution in [0.25, 0.3) is 0 Å². The molecule has 3 fully saturated rings. The van der Waals surface area contributed by atoms with Crippen molar-refractivity contribution in [1.82, 2.24) is 10.2 Å². The fourth-order valence-electron chi connectivity index (χ4n) is 8.80. The zero-order chi connectivity index (χ0) is 25.0. The number of nitrogens with two attached hydrogens (primary N) is 1. The molecule has 0 aromatic heterocycles. The Balaban J connectivity index is 1.75. The van der Waals surface area contributed by atoms with Crippen LogP contribution in [0.1, 0.15) is 51.4 Å². The average molecular weight is 487 g/mol. The van der Waals surface area contributed by atoms with E-state index >= 15 is 0 Å². The molecule has 0 aromatic rings. The van der Waals surface area contributed by atoms with Gasteiger partial charge in [-0.25, -0.2) is 4.79 Å². The van der Waals surface area contributed by atoms with Gasteiger partial charge in [-0.2, -0.15) is 0 Å². The second-order valence-corrected chi connectivity index (χ2v) is 11.1. The molecule has 5 aliphatic rings. The molecule has 9 heteroatoms. The summed E-state index contributed by atoms with van der Waals surface area (Å²) in [5.74, 6) is -0.675. The molecule has 0 saturated heterocycles. The number of aliphatic hydroxyl groups excluding tert-OH is 1. The van der Waals surface area contributed by atoms with Gasteiger partial charge >= 0.3 is 5.97 Å². The van der Waals surface area contributed by atoms with Crippen LogP contribution in [0.3, 0.4) is 0 Å². The molecule has 3 bridgehead atoms. The normalized spacial score (nSPS) is 40.8. The summed E-state index contributed by atoms with van der Waals surface area (Å²) in [6.45, 7) is 1.70. The first-order valence-corrected chi connectivity index (χ1v) is 13.0. The predicted octanol–water partition coefficient (Wildman–Crippen LogP) is 1.02. The van der Waals surface area contributed by atoms with Gasteiger partial charge < -0.3 is 31.3 Å². The lowest BCUT2D eigenvalue weighted by Gasteiger charge is -2.61. The summed E-state index contributed by atoms with van der Waals surface area (Å²) in [7, 11) is 1.66. The van der Waals surface area contributed by atoms with Gasteiger partial charge in [0.25, 0.3) is 0 Å². The van der Waals surface area contributed by atoms with Crippen LogP contribution in [0.2, 0.25) is 0 Å². The van der Waals surface area contributed by atoms with Gasteiger partial charge in [0, 0.05) is 50.1 Å². The molecule has 3 saturated carbocycles. The first kappa shape index (κ1) is 24.5. The number of aliphatic imine (C=N–C) groups is 1. The van der Waals surface area contributed by atoms with Crippen LogP contribution >= 0.6 is 0 Å². The maximum Gasteiger partial charge on any atom is 0.334 e. The van der Waals surface area contributed by atoms with E-state index in [1.165, 1.54) is 0 Å². The lowest BCUT2D eigenvalue weighted by molar-refractivity contribution is -0.148. The first-order valence-electron chi connectivity index (χ1n) is 13.0. The Kier molecular flexibility index (Phi) is 6.09. The highest BCUT2D eigenvalue weighted by atomic mass is 16.4. The molecule has 1 aliphatic heterocycles. The molecule has 192 valence electrons. The Morgan fingerprint density at radius 1 is 1.29 bits per heavy atom. The third-order valence-corrected chi connectivity index (χ3v) is 10.0. The lowest BCUT2D eigenvalue weighted by atomic mass is 9.45. The van der Waals surface area contributed by atoms with E-state index in [9.17, 15) is 24.9 Å². The van der Waals surface area contributed by atoms with Crippen LogP contribution in [0, 0.1) is 28.6 Å². The molecule has 9 nitrogen and oxygen atoms in total. The number of aliphatic carboxylic acids is 1. The number of aliphatic hydroxyl groups is 2. The van der Waals surface area contributed by atoms with Crippen molar-refractivity contribution in [2.24, 2.45) is 39.3 Å². The number of carboxylic acids is 1. The van der Waals surface area contributed by atoms with E-state index in [2.05, 4.69) is 16.4 Å². The SMILES string of the molecule is CN=C(N)N1C=C[C@@H](CNCCO)[C@@]2(C1)[C@@H]1CC[C@H]3CCCCC(=O)[C@]4(O)C[C@@]32C(=C4C(=O)O)C1. The number of nitrogens with one attached hydrogen (secondary N) is 1. The molecule has 35 heavy (non-hydrogen) atoms. The number of fused-ring (bicyclic) bond motifs is 1. The maximum absolute atomic E-state index is 13.4. The maximum atomic E-state index is 13.4. The molecule has 6 atom stereocenters. The summed E-state index contributed by atoms with van der Waals surface area (Å²) in [4.78, 5) is 32.2. The van der Waals surface area contributed by atoms with Crippen LogP contribution < -0.4 is 11.1 Å². The minimum absolute atomic E-state index is 0.0325. The number of allylic oxidation sites excluding steroid dienone is 1. The molecule has 4 aliphatic carbocycles. The summed E-state index contributed by atoms with van der Waals surface area (Å²) < 4.78 is 0. The fourth-order valence-corrected chi connectivity index (χ4v) is 8.80. The molecule has 0 unspecified atom stereocenters. The Bertz CT molecular complexity index is 1010. The highest BCUT2D eigenvalue weighted by molar-refractivity contribution is 6.04. The molecule has 0 amide bonds. The average Bonchev–Trinajstić information content (AvgIpc) is 3.19. The van der Waals surface area contributed by atoms with Crippen LogP contribution in [0.15, 0.2) is 28.4 Å². The predicted molar refractivity (Wildman–Crippen MR) is 130 cm³/mol. The summed E-state index contributed by atoms with van der Waals surface area (Å²) >= 11 is 0. The number of carbonyl (C=O) groups is 2. The summed E-state index contributed by atoms with van der Waals surface area (Å²) in [5, 5.41) is 35.0. The van der Waals surface area contributed by atoms with E-state index in [1.54, 1.807) is 7.05 Å². The van der Waals surface area contributed by atoms with Crippen LogP contribution in [-0.4, -0.2) is 76.8 Å². The third-order valence-electron chi connectivity index (χ3n) is 10.0. The zero-order valence-corrected chi connectivity index (χ0v) is 20.5. The van der Waals surface area contributed by atoms with Crippen molar-refractivity contribution in [3.63, 3.8) is 0 Å². The van der Waals surface area contributed by atoms with Crippen LogP contribution in [0.4, 0.5) is 0 Å². The third kappa shape index (κ3) is 3.20. The number of guanidine groups is 1. The number of carboxylic acid groups (broad SMARTS) is 1. The molecule has 2 spiro atoms. The van der Waals surface area contributed by atoms with E-state index in [1.807, 2.05) is 11.1 Å². The number of hydrogen-bond acceptors (Lipinski definition) is 6. The Labute approximate surface area is 206 Å². The van der Waals surface area contributed by atoms with E-state index in [4.69, 9.17) is 5.73 Å². The summed E-state index contributed by atoms with van der Waals surface area (Å²) in [5.41, 5.74) is 4.11. The number of hydrogen-bond donors (Lipinski definition) is 5. The van der Waals surface area contributed by atoms with Gasteiger partial charge in [0.15, 0.2) is 17.3 Å². The second-order valence-electron chi connectivity index (χ2n) is 11.1. The fraction of sp³-hybridized carbons (Fsp3) is 0.731. The Hall–Kier alpha value is -2.23. The van der Waals surface area contributed by atoms with Crippen molar-refractivity contribution in [3.05, 3.63) is 23.4 Å². The van der Waals surface area contributed by atoms with Crippen LogP contribution in [-0.2, 0) is 9.59 Å². The largest absolute Gasteiger partial charge is 0.478 e. The van der Waals surface area contributed by atoms with E-state index in [-0.39, 0.29) is 48.6 Å². The van der Waals surface area contributed by atoms with Crippen molar-refractivity contribution < 1.29 is 24.9 Å². The van der Waals surface area contributed by atoms with Crippen molar-refractivity contribution >= 4 is 17.7 Å². The second kappa shape index (κ2) is 8.71. The van der Waals surface area contributed by atoms with Crippen molar-refractivity contribution in [2.75, 3.05) is 33.3 Å². The van der Waals surface area contributed by atoms with Crippen molar-refractivity contribution in [2.45, 2.75) is 57.0 Å². The zero-order valence-electron chi connectivity index (χ0n) is 20.5. The first-order chi connectivity index (χ1) is 16.8. The monoisotopic (exact) mass is 486 g/mol. The number of nitrogens with zero attached hydrogens (tertiary/aromatic N) is 2. The van der Waals surface area contributed by atoms with E-state index in [0.29, 0.717) is 38.4 Å². The number of rotatable bonds is 5. The molecular formula is C26H38N4O5. The molecule has 5 rings (SSSR count). The van der Waals surface area contributed by atoms with Gasteiger partial charge in [0.05, 0.1) is 12.2 Å². The van der Waals surface area contributed by atoms with Gasteiger partial charge in [0.2, 0.25) is 0 Å². The van der Waals surface area contributed by atoms with Gasteiger partial charge in [-0.05, 0) is 61.9 Å². The minimum Gasteiger partial charge on any atom is -0.478 e. The van der Waals surface area contributed by atoms with Gasteiger partial charge in [-0.1, -0.05) is 12.5 Å². The smallest absolute Gasteiger partial charge is 0.334 e. The van der Waals surface area contributed by atoms with Gasteiger partial charge in [-0.15, -0.1) is 0 Å². The highest BCUT2D eigenvalue weighted by Gasteiger charge is 2.76. The van der Waals surface area contributed by atoms with E-state index < -0.39 is 22.4 Å².